The summed E-state index contributed by atoms with van der Waals surface area (Å²) in [5.41, 5.74) is 2.68. The van der Waals surface area contributed by atoms with Gasteiger partial charge < -0.3 is 9.15 Å². The first-order chi connectivity index (χ1) is 13.1. The van der Waals surface area contributed by atoms with Gasteiger partial charge in [-0.1, -0.05) is 62.9 Å². The van der Waals surface area contributed by atoms with E-state index in [1.807, 2.05) is 44.2 Å². The van der Waals surface area contributed by atoms with Crippen molar-refractivity contribution in [3.05, 3.63) is 72.3 Å². The van der Waals surface area contributed by atoms with Crippen LogP contribution in [0.25, 0.3) is 22.3 Å². The van der Waals surface area contributed by atoms with Crippen LogP contribution in [0, 0.1) is 0 Å². The fourth-order valence-corrected chi connectivity index (χ4v) is 3.74. The molecule has 146 valence electrons. The van der Waals surface area contributed by atoms with Gasteiger partial charge in [-0.3, -0.25) is 0 Å². The van der Waals surface area contributed by atoms with Crippen LogP contribution < -0.4 is 0 Å². The first-order valence-corrected chi connectivity index (χ1v) is 9.56. The normalized spacial score (nSPS) is 12.2. The van der Waals surface area contributed by atoms with Crippen LogP contribution in [-0.2, 0) is 14.9 Å². The minimum absolute atomic E-state index is 0.202. The van der Waals surface area contributed by atoms with Gasteiger partial charge in [-0.2, -0.15) is 0 Å². The Labute approximate surface area is 167 Å². The molecule has 2 aromatic carbocycles. The van der Waals surface area contributed by atoms with Crippen LogP contribution in [0.3, 0.4) is 0 Å². The van der Waals surface area contributed by atoms with Gasteiger partial charge in [0.1, 0.15) is 16.9 Å². The maximum absolute atomic E-state index is 12.0. The van der Waals surface area contributed by atoms with Crippen LogP contribution in [0.4, 0.5) is 0 Å². The highest BCUT2D eigenvalue weighted by atomic mass is 16.6. The highest BCUT2D eigenvalue weighted by Gasteiger charge is 2.33. The standard InChI is InChI=1S/C25H28O3/c1-17(2)23(26)28-25(5,6)16-24(3,4)20-13-12-19-14-21(27-22(19)15-20)18-10-8-7-9-11-18/h7-15H,1,16H2,2-6H3. The quantitative estimate of drug-likeness (QED) is 0.356. The van der Waals surface area contributed by atoms with Crippen molar-refractivity contribution < 1.29 is 13.9 Å². The van der Waals surface area contributed by atoms with E-state index in [2.05, 4.69) is 44.7 Å². The van der Waals surface area contributed by atoms with Gasteiger partial charge in [0, 0.05) is 16.5 Å². The van der Waals surface area contributed by atoms with Crippen molar-refractivity contribution in [3.63, 3.8) is 0 Å². The summed E-state index contributed by atoms with van der Waals surface area (Å²) < 4.78 is 11.8. The molecule has 0 amide bonds. The number of carbonyl (C=O) groups excluding carboxylic acids is 1. The molecule has 0 atom stereocenters. The van der Waals surface area contributed by atoms with Gasteiger partial charge in [0.2, 0.25) is 0 Å². The molecule has 28 heavy (non-hydrogen) atoms. The summed E-state index contributed by atoms with van der Waals surface area (Å²) >= 11 is 0. The first kappa shape index (κ1) is 19.9. The minimum atomic E-state index is -0.604. The van der Waals surface area contributed by atoms with Crippen molar-refractivity contribution in [3.8, 4) is 11.3 Å². The highest BCUT2D eigenvalue weighted by Crippen LogP contribution is 2.37. The molecule has 0 aliphatic heterocycles. The van der Waals surface area contributed by atoms with Crippen molar-refractivity contribution in [2.24, 2.45) is 0 Å². The lowest BCUT2D eigenvalue weighted by molar-refractivity contribution is -0.153. The summed E-state index contributed by atoms with van der Waals surface area (Å²) in [5.74, 6) is 0.510. The number of carbonyl (C=O) groups is 1. The van der Waals surface area contributed by atoms with E-state index in [-0.39, 0.29) is 11.4 Å². The maximum Gasteiger partial charge on any atom is 0.333 e. The lowest BCUT2D eigenvalue weighted by Gasteiger charge is -2.35. The Hall–Kier alpha value is -2.81. The Balaban J connectivity index is 1.87. The van der Waals surface area contributed by atoms with Gasteiger partial charge >= 0.3 is 5.97 Å². The molecule has 0 saturated carbocycles. The zero-order chi connectivity index (χ0) is 20.5. The zero-order valence-corrected chi connectivity index (χ0v) is 17.3. The van der Waals surface area contributed by atoms with Crippen molar-refractivity contribution >= 4 is 16.9 Å². The van der Waals surface area contributed by atoms with Crippen LogP contribution in [0.15, 0.2) is 71.2 Å². The van der Waals surface area contributed by atoms with E-state index in [1.54, 1.807) is 6.92 Å². The van der Waals surface area contributed by atoms with Gasteiger partial charge in [-0.15, -0.1) is 0 Å². The van der Waals surface area contributed by atoms with Crippen LogP contribution >= 0.6 is 0 Å². The Morgan fingerprint density at radius 2 is 1.71 bits per heavy atom. The maximum atomic E-state index is 12.0. The van der Waals surface area contributed by atoms with E-state index in [0.717, 1.165) is 27.9 Å². The number of hydrogen-bond acceptors (Lipinski definition) is 3. The Morgan fingerprint density at radius 1 is 1.04 bits per heavy atom. The third-order valence-electron chi connectivity index (χ3n) is 4.94. The smallest absolute Gasteiger partial charge is 0.333 e. The molecule has 1 aromatic heterocycles. The molecule has 3 nitrogen and oxygen atoms in total. The molecule has 0 unspecified atom stereocenters. The molecule has 3 aromatic rings. The van der Waals surface area contributed by atoms with Gasteiger partial charge in [0.15, 0.2) is 0 Å². The number of fused-ring (bicyclic) bond motifs is 1. The summed E-state index contributed by atoms with van der Waals surface area (Å²) in [7, 11) is 0. The zero-order valence-electron chi connectivity index (χ0n) is 17.3. The van der Waals surface area contributed by atoms with E-state index in [0.29, 0.717) is 12.0 Å². The summed E-state index contributed by atoms with van der Waals surface area (Å²) in [6.07, 6.45) is 0.677. The van der Waals surface area contributed by atoms with Gasteiger partial charge in [0.05, 0.1) is 0 Å². The number of esters is 1. The molecular weight excluding hydrogens is 348 g/mol. The Morgan fingerprint density at radius 3 is 2.36 bits per heavy atom. The largest absolute Gasteiger partial charge is 0.456 e. The van der Waals surface area contributed by atoms with E-state index < -0.39 is 5.60 Å². The van der Waals surface area contributed by atoms with Gasteiger partial charge in [0.25, 0.3) is 0 Å². The average molecular weight is 376 g/mol. The average Bonchev–Trinajstić information content (AvgIpc) is 3.04. The lowest BCUT2D eigenvalue weighted by Crippen LogP contribution is -2.36. The summed E-state index contributed by atoms with van der Waals surface area (Å²) in [6, 6.07) is 18.5. The van der Waals surface area contributed by atoms with Crippen molar-refractivity contribution in [2.45, 2.75) is 52.1 Å². The molecule has 0 aliphatic carbocycles. The molecule has 3 rings (SSSR count). The summed E-state index contributed by atoms with van der Waals surface area (Å²) in [5, 5.41) is 1.08. The molecule has 0 N–H and O–H groups in total. The van der Waals surface area contributed by atoms with E-state index in [9.17, 15) is 4.79 Å². The topological polar surface area (TPSA) is 39.4 Å². The first-order valence-electron chi connectivity index (χ1n) is 9.56. The van der Waals surface area contributed by atoms with Gasteiger partial charge in [-0.25, -0.2) is 4.79 Å². The number of hydrogen-bond donors (Lipinski definition) is 0. The van der Waals surface area contributed by atoms with E-state index >= 15 is 0 Å². The van der Waals surface area contributed by atoms with Crippen LogP contribution in [0.1, 0.15) is 46.6 Å². The van der Waals surface area contributed by atoms with Crippen molar-refractivity contribution in [1.82, 2.24) is 0 Å². The Kier molecular flexibility index (Phi) is 5.20. The van der Waals surface area contributed by atoms with Crippen LogP contribution in [0.5, 0.6) is 0 Å². The molecule has 0 bridgehead atoms. The second kappa shape index (κ2) is 7.31. The van der Waals surface area contributed by atoms with Crippen molar-refractivity contribution in [2.75, 3.05) is 0 Å². The molecule has 0 fully saturated rings. The fraction of sp³-hybridized carbons (Fsp3) is 0.320. The summed E-state index contributed by atoms with van der Waals surface area (Å²) in [6.45, 7) is 13.5. The van der Waals surface area contributed by atoms with E-state index in [4.69, 9.17) is 9.15 Å². The van der Waals surface area contributed by atoms with Crippen LogP contribution in [-0.4, -0.2) is 11.6 Å². The van der Waals surface area contributed by atoms with Crippen LogP contribution in [0.2, 0.25) is 0 Å². The fourth-order valence-electron chi connectivity index (χ4n) is 3.74. The lowest BCUT2D eigenvalue weighted by atomic mass is 9.76. The molecule has 0 aliphatic rings. The molecule has 0 saturated heterocycles. The van der Waals surface area contributed by atoms with Crippen molar-refractivity contribution in [1.29, 1.82) is 0 Å². The summed E-state index contributed by atoms with van der Waals surface area (Å²) in [4.78, 5) is 12.0. The van der Waals surface area contributed by atoms with Gasteiger partial charge in [-0.05, 0) is 50.3 Å². The molecule has 0 radical (unpaired) electrons. The number of benzene rings is 2. The molecule has 1 heterocycles. The molecule has 3 heteroatoms. The molecular formula is C25H28O3. The number of ether oxygens (including phenoxy) is 1. The molecule has 0 spiro atoms. The number of furan rings is 1. The predicted octanol–water partition coefficient (Wildman–Crippen LogP) is 6.67. The second-order valence-electron chi connectivity index (χ2n) is 8.72. The highest BCUT2D eigenvalue weighted by molar-refractivity contribution is 5.87. The SMILES string of the molecule is C=C(C)C(=O)OC(C)(C)CC(C)(C)c1ccc2cc(-c3ccccc3)oc2c1. The third-order valence-corrected chi connectivity index (χ3v) is 4.94. The number of rotatable bonds is 6. The monoisotopic (exact) mass is 376 g/mol. The minimum Gasteiger partial charge on any atom is -0.456 e. The predicted molar refractivity (Wildman–Crippen MR) is 114 cm³/mol. The third kappa shape index (κ3) is 4.36. The Bertz CT molecular complexity index is 1010. The second-order valence-corrected chi connectivity index (χ2v) is 8.72. The van der Waals surface area contributed by atoms with E-state index in [1.165, 1.54) is 0 Å².